The van der Waals surface area contributed by atoms with Gasteiger partial charge in [0.1, 0.15) is 11.5 Å². The molecular formula is C16H15Cl2NO. The quantitative estimate of drug-likeness (QED) is 0.837. The Bertz CT molecular complexity index is 611. The highest BCUT2D eigenvalue weighted by Crippen LogP contribution is 2.31. The number of likely N-dealkylation sites (N-methyl/N-ethyl adjacent to an activating group) is 1. The van der Waals surface area contributed by atoms with Gasteiger partial charge in [0.15, 0.2) is 0 Å². The number of benzene rings is 2. The van der Waals surface area contributed by atoms with E-state index in [0.717, 1.165) is 17.9 Å². The first-order chi connectivity index (χ1) is 9.70. The molecule has 0 bridgehead atoms. The number of rotatable bonds is 5. The zero-order valence-corrected chi connectivity index (χ0v) is 12.6. The van der Waals surface area contributed by atoms with Crippen molar-refractivity contribution in [2.24, 2.45) is 0 Å². The van der Waals surface area contributed by atoms with Gasteiger partial charge in [-0.1, -0.05) is 53.6 Å². The average molecular weight is 308 g/mol. The Morgan fingerprint density at radius 2 is 1.90 bits per heavy atom. The van der Waals surface area contributed by atoms with Crippen molar-refractivity contribution in [2.75, 3.05) is 13.6 Å². The van der Waals surface area contributed by atoms with Gasteiger partial charge in [0.05, 0.1) is 10.0 Å². The molecule has 20 heavy (non-hydrogen) atoms. The largest absolute Gasteiger partial charge is 0.457 e. The summed E-state index contributed by atoms with van der Waals surface area (Å²) in [4.78, 5) is 0. The van der Waals surface area contributed by atoms with Gasteiger partial charge in [-0.2, -0.15) is 0 Å². The van der Waals surface area contributed by atoms with Crippen LogP contribution in [0.15, 0.2) is 48.5 Å². The van der Waals surface area contributed by atoms with Crippen molar-refractivity contribution in [3.05, 3.63) is 64.1 Å². The van der Waals surface area contributed by atoms with Crippen molar-refractivity contribution in [1.29, 1.82) is 0 Å². The molecule has 0 fully saturated rings. The Labute approximate surface area is 129 Å². The molecule has 0 amide bonds. The van der Waals surface area contributed by atoms with Gasteiger partial charge in [0.25, 0.3) is 0 Å². The second-order valence-electron chi connectivity index (χ2n) is 4.18. The molecule has 0 heterocycles. The number of ether oxygens (including phenoxy) is 1. The lowest BCUT2D eigenvalue weighted by molar-refractivity contribution is 0.481. The highest BCUT2D eigenvalue weighted by atomic mass is 35.5. The smallest absolute Gasteiger partial charge is 0.134 e. The fraction of sp³-hybridized carbons (Fsp3) is 0.125. The van der Waals surface area contributed by atoms with Gasteiger partial charge < -0.3 is 10.1 Å². The Hall–Kier alpha value is -1.48. The lowest BCUT2D eigenvalue weighted by atomic mass is 10.2. The molecule has 2 rings (SSSR count). The molecule has 2 aromatic rings. The summed E-state index contributed by atoms with van der Waals surface area (Å²) in [6.07, 6.45) is 4.06. The van der Waals surface area contributed by atoms with Crippen molar-refractivity contribution < 1.29 is 4.74 Å². The molecule has 4 heteroatoms. The molecule has 0 aliphatic heterocycles. The van der Waals surface area contributed by atoms with Crippen LogP contribution < -0.4 is 10.1 Å². The first kappa shape index (κ1) is 14.9. The zero-order chi connectivity index (χ0) is 14.4. The molecule has 0 atom stereocenters. The molecule has 0 saturated carbocycles. The first-order valence-electron chi connectivity index (χ1n) is 6.24. The SMILES string of the molecule is CNCC=Cc1ccccc1Oc1ccc(Cl)c(Cl)c1. The van der Waals surface area contributed by atoms with Crippen LogP contribution in [0.25, 0.3) is 6.08 Å². The van der Waals surface area contributed by atoms with E-state index in [-0.39, 0.29) is 0 Å². The summed E-state index contributed by atoms with van der Waals surface area (Å²) >= 11 is 11.9. The van der Waals surface area contributed by atoms with Gasteiger partial charge in [-0.3, -0.25) is 0 Å². The maximum Gasteiger partial charge on any atom is 0.134 e. The average Bonchev–Trinajstić information content (AvgIpc) is 2.45. The summed E-state index contributed by atoms with van der Waals surface area (Å²) in [5.41, 5.74) is 1.01. The molecule has 0 saturated heterocycles. The van der Waals surface area contributed by atoms with E-state index in [4.69, 9.17) is 27.9 Å². The van der Waals surface area contributed by atoms with Crippen molar-refractivity contribution in [3.63, 3.8) is 0 Å². The molecule has 104 valence electrons. The van der Waals surface area contributed by atoms with Gasteiger partial charge in [0.2, 0.25) is 0 Å². The minimum atomic E-state index is 0.479. The van der Waals surface area contributed by atoms with Crippen LogP contribution in [0.3, 0.4) is 0 Å². The van der Waals surface area contributed by atoms with Gasteiger partial charge in [-0.15, -0.1) is 0 Å². The minimum Gasteiger partial charge on any atom is -0.457 e. The number of halogens is 2. The Morgan fingerprint density at radius 1 is 1.10 bits per heavy atom. The molecule has 0 aliphatic carbocycles. The van der Waals surface area contributed by atoms with Crippen molar-refractivity contribution in [3.8, 4) is 11.5 Å². The lowest BCUT2D eigenvalue weighted by Gasteiger charge is -2.09. The summed E-state index contributed by atoms with van der Waals surface area (Å²) in [5.74, 6) is 1.44. The summed E-state index contributed by atoms with van der Waals surface area (Å²) < 4.78 is 5.86. The van der Waals surface area contributed by atoms with Gasteiger partial charge in [0, 0.05) is 18.2 Å². The standard InChI is InChI=1S/C16H15Cl2NO/c1-19-10-4-6-12-5-2-3-7-16(12)20-13-8-9-14(17)15(18)11-13/h2-9,11,19H,10H2,1H3. The molecule has 0 radical (unpaired) electrons. The second kappa shape index (κ2) is 7.34. The number of hydrogen-bond acceptors (Lipinski definition) is 2. The molecular weight excluding hydrogens is 293 g/mol. The van der Waals surface area contributed by atoms with Gasteiger partial charge in [-0.05, 0) is 25.2 Å². The fourth-order valence-electron chi connectivity index (χ4n) is 1.68. The Balaban J connectivity index is 2.22. The molecule has 2 aromatic carbocycles. The molecule has 0 aromatic heterocycles. The third kappa shape index (κ3) is 4.01. The Morgan fingerprint density at radius 3 is 2.65 bits per heavy atom. The molecule has 0 aliphatic rings. The normalized spacial score (nSPS) is 10.9. The van der Waals surface area contributed by atoms with Gasteiger partial charge in [-0.25, -0.2) is 0 Å². The summed E-state index contributed by atoms with van der Waals surface area (Å²) in [6, 6.07) is 13.0. The monoisotopic (exact) mass is 307 g/mol. The van der Waals surface area contributed by atoms with E-state index < -0.39 is 0 Å². The van der Waals surface area contributed by atoms with E-state index in [1.54, 1.807) is 18.2 Å². The summed E-state index contributed by atoms with van der Waals surface area (Å²) in [7, 11) is 1.91. The topological polar surface area (TPSA) is 21.3 Å². The van der Waals surface area contributed by atoms with E-state index in [2.05, 4.69) is 5.32 Å². The van der Waals surface area contributed by atoms with Crippen molar-refractivity contribution in [2.45, 2.75) is 0 Å². The van der Waals surface area contributed by atoms with E-state index in [1.165, 1.54) is 0 Å². The number of para-hydroxylation sites is 1. The number of nitrogens with one attached hydrogen (secondary N) is 1. The zero-order valence-electron chi connectivity index (χ0n) is 11.1. The van der Waals surface area contributed by atoms with Crippen LogP contribution in [0, 0.1) is 0 Å². The third-order valence-electron chi connectivity index (χ3n) is 2.66. The second-order valence-corrected chi connectivity index (χ2v) is 4.99. The van der Waals surface area contributed by atoms with Crippen LogP contribution in [-0.2, 0) is 0 Å². The van der Waals surface area contributed by atoms with E-state index in [1.807, 2.05) is 43.5 Å². The molecule has 1 N–H and O–H groups in total. The molecule has 0 unspecified atom stereocenters. The van der Waals surface area contributed by atoms with E-state index >= 15 is 0 Å². The molecule has 0 spiro atoms. The van der Waals surface area contributed by atoms with E-state index in [0.29, 0.717) is 15.8 Å². The third-order valence-corrected chi connectivity index (χ3v) is 3.40. The minimum absolute atomic E-state index is 0.479. The highest BCUT2D eigenvalue weighted by molar-refractivity contribution is 6.42. The highest BCUT2D eigenvalue weighted by Gasteiger charge is 2.04. The Kier molecular flexibility index (Phi) is 5.48. The van der Waals surface area contributed by atoms with Crippen LogP contribution in [-0.4, -0.2) is 13.6 Å². The van der Waals surface area contributed by atoms with Crippen LogP contribution in [0.2, 0.25) is 10.0 Å². The van der Waals surface area contributed by atoms with Gasteiger partial charge >= 0.3 is 0 Å². The van der Waals surface area contributed by atoms with Crippen LogP contribution >= 0.6 is 23.2 Å². The van der Waals surface area contributed by atoms with E-state index in [9.17, 15) is 0 Å². The lowest BCUT2D eigenvalue weighted by Crippen LogP contribution is -2.03. The maximum absolute atomic E-state index is 5.99. The fourth-order valence-corrected chi connectivity index (χ4v) is 1.97. The molecule has 2 nitrogen and oxygen atoms in total. The first-order valence-corrected chi connectivity index (χ1v) is 6.99. The summed E-state index contributed by atoms with van der Waals surface area (Å²) in [5, 5.41) is 4.06. The predicted molar refractivity (Wildman–Crippen MR) is 85.9 cm³/mol. The predicted octanol–water partition coefficient (Wildman–Crippen LogP) is 5.02. The summed E-state index contributed by atoms with van der Waals surface area (Å²) in [6.45, 7) is 0.807. The van der Waals surface area contributed by atoms with Crippen molar-refractivity contribution in [1.82, 2.24) is 5.32 Å². The maximum atomic E-state index is 5.99. The van der Waals surface area contributed by atoms with Crippen molar-refractivity contribution >= 4 is 29.3 Å². The van der Waals surface area contributed by atoms with Crippen LogP contribution in [0.1, 0.15) is 5.56 Å². The van der Waals surface area contributed by atoms with Crippen LogP contribution in [0.4, 0.5) is 0 Å². The number of hydrogen-bond donors (Lipinski definition) is 1. The van der Waals surface area contributed by atoms with Crippen LogP contribution in [0.5, 0.6) is 11.5 Å².